The lowest BCUT2D eigenvalue weighted by Crippen LogP contribution is -2.82. The molecule has 0 aliphatic carbocycles. The van der Waals surface area contributed by atoms with Crippen LogP contribution in [0.5, 0.6) is 0 Å². The second kappa shape index (κ2) is 12.1. The lowest BCUT2D eigenvalue weighted by Gasteiger charge is -2.51. The van der Waals surface area contributed by atoms with Gasteiger partial charge < -0.3 is 26.2 Å². The van der Waals surface area contributed by atoms with E-state index in [1.807, 2.05) is 17.0 Å². The highest BCUT2D eigenvalue weighted by atomic mass is 16.4. The number of pyridine rings is 1. The standard InChI is InChI=1S/C26H32N6O7/c1-18(33)32(20-6-4-3-5-7-20,24(37)21(16-23(35)36)29-22(34)17-27)26(2,25(38)39)31-14-12-30(13-15-31)19-8-10-28-11-9-19/h3-11,21H,12-17,27H2,1-2H3,(H2-,29,34,35,36,38,39)/p+1/t21-,26-,32?/m0/s1. The van der Waals surface area contributed by atoms with Crippen molar-refractivity contribution < 1.29 is 34.2 Å². The number of piperazine rings is 1. The van der Waals surface area contributed by atoms with Gasteiger partial charge in [-0.05, 0) is 12.1 Å². The third-order valence-electron chi connectivity index (χ3n) is 7.13. The summed E-state index contributed by atoms with van der Waals surface area (Å²) in [6.45, 7) is 2.93. The Morgan fingerprint density at radius 1 is 1.03 bits per heavy atom. The lowest BCUT2D eigenvalue weighted by atomic mass is 9.96. The van der Waals surface area contributed by atoms with Gasteiger partial charge in [0.15, 0.2) is 6.04 Å². The average Bonchev–Trinajstić information content (AvgIpc) is 2.93. The SMILES string of the molecule is CC(=O)[N+](C(=O)[C@H](CC(=O)O)NC(=O)CN)(c1ccccc1)[C@@](C)(C(=O)O)N1CCN(c2ccncc2)CC1. The summed E-state index contributed by atoms with van der Waals surface area (Å²) in [6.07, 6.45) is 2.41. The Morgan fingerprint density at radius 3 is 2.10 bits per heavy atom. The van der Waals surface area contributed by atoms with Crippen LogP contribution in [0.4, 0.5) is 11.4 Å². The molecule has 0 spiro atoms. The van der Waals surface area contributed by atoms with E-state index in [1.54, 1.807) is 35.5 Å². The Balaban J connectivity index is 2.18. The molecule has 1 aromatic heterocycles. The van der Waals surface area contributed by atoms with Crippen molar-refractivity contribution in [3.05, 3.63) is 54.9 Å². The molecule has 39 heavy (non-hydrogen) atoms. The van der Waals surface area contributed by atoms with Crippen LogP contribution in [0.1, 0.15) is 20.3 Å². The van der Waals surface area contributed by atoms with Gasteiger partial charge in [-0.1, -0.05) is 18.2 Å². The number of hydrogen-bond acceptors (Lipinski definition) is 9. The summed E-state index contributed by atoms with van der Waals surface area (Å²) in [5.41, 5.74) is 4.09. The zero-order chi connectivity index (χ0) is 28.8. The maximum absolute atomic E-state index is 14.4. The molecule has 1 aliphatic heterocycles. The summed E-state index contributed by atoms with van der Waals surface area (Å²) in [7, 11) is 0. The number of carboxylic acids is 2. The largest absolute Gasteiger partial charge is 0.481 e. The summed E-state index contributed by atoms with van der Waals surface area (Å²) in [5, 5.41) is 22.6. The van der Waals surface area contributed by atoms with Crippen molar-refractivity contribution in [2.45, 2.75) is 32.0 Å². The number of nitrogens with zero attached hydrogens (tertiary/aromatic N) is 4. The fraction of sp³-hybridized carbons (Fsp3) is 0.385. The van der Waals surface area contributed by atoms with Crippen molar-refractivity contribution in [1.82, 2.24) is 19.7 Å². The molecule has 1 aliphatic rings. The van der Waals surface area contributed by atoms with Crippen LogP contribution >= 0.6 is 0 Å². The minimum Gasteiger partial charge on any atom is -0.481 e. The molecule has 13 nitrogen and oxygen atoms in total. The number of quaternary nitrogens is 1. The minimum atomic E-state index is -2.21. The summed E-state index contributed by atoms with van der Waals surface area (Å²) >= 11 is 0. The number of carbonyl (C=O) groups excluding carboxylic acids is 3. The Labute approximate surface area is 225 Å². The van der Waals surface area contributed by atoms with E-state index < -0.39 is 58.8 Å². The Bertz CT molecular complexity index is 1220. The minimum absolute atomic E-state index is 0.0221. The number of amides is 3. The van der Waals surface area contributed by atoms with E-state index in [-0.39, 0.29) is 18.8 Å². The van der Waals surface area contributed by atoms with Crippen molar-refractivity contribution in [2.24, 2.45) is 5.73 Å². The quantitative estimate of drug-likeness (QED) is 0.297. The van der Waals surface area contributed by atoms with E-state index in [9.17, 15) is 34.2 Å². The van der Waals surface area contributed by atoms with Gasteiger partial charge in [-0.25, -0.2) is 19.3 Å². The predicted octanol–water partition coefficient (Wildman–Crippen LogP) is 0.00320. The summed E-state index contributed by atoms with van der Waals surface area (Å²) in [4.78, 5) is 72.8. The Morgan fingerprint density at radius 2 is 1.62 bits per heavy atom. The van der Waals surface area contributed by atoms with Crippen molar-refractivity contribution >= 4 is 41.0 Å². The van der Waals surface area contributed by atoms with Crippen LogP contribution in [0.25, 0.3) is 0 Å². The number of aromatic nitrogens is 1. The Hall–Kier alpha value is -4.20. The first kappa shape index (κ1) is 29.4. The number of imide groups is 1. The molecule has 1 saturated heterocycles. The fourth-order valence-electron chi connectivity index (χ4n) is 5.20. The maximum atomic E-state index is 14.4. The number of nitrogens with two attached hydrogens (primary N) is 1. The first-order valence-electron chi connectivity index (χ1n) is 12.3. The molecule has 0 radical (unpaired) electrons. The van der Waals surface area contributed by atoms with Gasteiger partial charge in [-0.2, -0.15) is 0 Å². The Kier molecular flexibility index (Phi) is 9.11. The number of aliphatic carboxylic acids is 2. The average molecular weight is 542 g/mol. The van der Waals surface area contributed by atoms with Gasteiger partial charge in [0.25, 0.3) is 5.66 Å². The number of hydrogen-bond donors (Lipinski definition) is 4. The molecule has 1 aromatic carbocycles. The first-order valence-corrected chi connectivity index (χ1v) is 12.3. The van der Waals surface area contributed by atoms with Crippen LogP contribution in [0.3, 0.4) is 0 Å². The van der Waals surface area contributed by atoms with E-state index in [1.165, 1.54) is 19.1 Å². The molecule has 3 rings (SSSR count). The van der Waals surface area contributed by atoms with E-state index in [0.717, 1.165) is 12.6 Å². The van der Waals surface area contributed by atoms with E-state index >= 15 is 0 Å². The van der Waals surface area contributed by atoms with Crippen LogP contribution < -0.4 is 20.4 Å². The molecule has 0 bridgehead atoms. The lowest BCUT2D eigenvalue weighted by molar-refractivity contribution is -0.178. The third-order valence-corrected chi connectivity index (χ3v) is 7.13. The number of carboxylic acid groups (broad SMARTS) is 2. The summed E-state index contributed by atoms with van der Waals surface area (Å²) < 4.78 is -1.39. The van der Waals surface area contributed by atoms with Crippen LogP contribution in [0.2, 0.25) is 0 Å². The van der Waals surface area contributed by atoms with E-state index in [4.69, 9.17) is 5.73 Å². The van der Waals surface area contributed by atoms with Gasteiger partial charge in [0.1, 0.15) is 5.69 Å². The normalized spacial score (nSPS) is 17.8. The smallest absolute Gasteiger partial charge is 0.383 e. The highest BCUT2D eigenvalue weighted by Crippen LogP contribution is 2.39. The molecule has 1 fully saturated rings. The van der Waals surface area contributed by atoms with Crippen LogP contribution in [0, 0.1) is 0 Å². The van der Waals surface area contributed by atoms with Gasteiger partial charge in [-0.15, -0.1) is 4.48 Å². The second-order valence-electron chi connectivity index (χ2n) is 9.29. The molecule has 2 aromatic rings. The van der Waals surface area contributed by atoms with Gasteiger partial charge in [0, 0.05) is 63.3 Å². The third kappa shape index (κ3) is 5.50. The first-order chi connectivity index (χ1) is 18.5. The molecule has 5 N–H and O–H groups in total. The van der Waals surface area contributed by atoms with Crippen LogP contribution in [0.15, 0.2) is 54.9 Å². The molecule has 13 heteroatoms. The summed E-state index contributed by atoms with van der Waals surface area (Å²) in [5.74, 6) is -5.67. The molecular weight excluding hydrogens is 508 g/mol. The van der Waals surface area contributed by atoms with Gasteiger partial charge in [0.05, 0.1) is 19.9 Å². The maximum Gasteiger partial charge on any atom is 0.383 e. The molecule has 208 valence electrons. The second-order valence-corrected chi connectivity index (χ2v) is 9.29. The zero-order valence-electron chi connectivity index (χ0n) is 21.8. The molecule has 1 unspecified atom stereocenters. The molecule has 3 atom stereocenters. The van der Waals surface area contributed by atoms with Crippen molar-refractivity contribution in [3.63, 3.8) is 0 Å². The molecule has 3 amide bonds. The number of carbonyl (C=O) groups is 5. The van der Waals surface area contributed by atoms with E-state index in [0.29, 0.717) is 13.1 Å². The number of anilines is 1. The van der Waals surface area contributed by atoms with E-state index in [2.05, 4.69) is 10.3 Å². The molecule has 0 saturated carbocycles. The number of benzene rings is 1. The summed E-state index contributed by atoms with van der Waals surface area (Å²) in [6, 6.07) is 9.53. The van der Waals surface area contributed by atoms with Crippen LogP contribution in [-0.4, -0.2) is 94.2 Å². The highest BCUT2D eigenvalue weighted by Gasteiger charge is 2.68. The number of nitrogens with one attached hydrogen (secondary N) is 1. The predicted molar refractivity (Wildman–Crippen MR) is 141 cm³/mol. The molecular formula is C26H33N6O7+. The van der Waals surface area contributed by atoms with Gasteiger partial charge >= 0.3 is 23.8 Å². The molecule has 2 heterocycles. The topological polar surface area (TPSA) is 183 Å². The van der Waals surface area contributed by atoms with Gasteiger partial charge in [0.2, 0.25) is 5.91 Å². The van der Waals surface area contributed by atoms with Crippen molar-refractivity contribution in [3.8, 4) is 0 Å². The van der Waals surface area contributed by atoms with Gasteiger partial charge in [-0.3, -0.25) is 14.6 Å². The highest BCUT2D eigenvalue weighted by molar-refractivity contribution is 6.15. The van der Waals surface area contributed by atoms with Crippen molar-refractivity contribution in [2.75, 3.05) is 37.6 Å². The monoisotopic (exact) mass is 541 g/mol. The van der Waals surface area contributed by atoms with Crippen LogP contribution in [-0.2, 0) is 24.0 Å². The number of para-hydroxylation sites is 1. The zero-order valence-corrected chi connectivity index (χ0v) is 21.8. The van der Waals surface area contributed by atoms with Crippen molar-refractivity contribution in [1.29, 1.82) is 0 Å². The fourth-order valence-corrected chi connectivity index (χ4v) is 5.20. The number of rotatable bonds is 10.